The summed E-state index contributed by atoms with van der Waals surface area (Å²) in [6, 6.07) is 7.20. The van der Waals surface area contributed by atoms with Gasteiger partial charge in [-0.3, -0.25) is 4.99 Å². The SMILES string of the molecule is O=C(O)c1ccc(OCc2ccc(Cl)cc2F)nc1C1=CCN=CC1. The minimum atomic E-state index is -1.07. The van der Waals surface area contributed by atoms with Crippen molar-refractivity contribution in [3.8, 4) is 5.88 Å². The predicted molar refractivity (Wildman–Crippen MR) is 92.9 cm³/mol. The molecule has 0 saturated carbocycles. The lowest BCUT2D eigenvalue weighted by Crippen LogP contribution is -2.08. The number of hydrogen-bond donors (Lipinski definition) is 1. The van der Waals surface area contributed by atoms with Gasteiger partial charge in [0, 0.05) is 29.3 Å². The zero-order valence-electron chi connectivity index (χ0n) is 13.1. The van der Waals surface area contributed by atoms with Gasteiger partial charge in [-0.1, -0.05) is 23.7 Å². The Morgan fingerprint density at radius 3 is 2.84 bits per heavy atom. The summed E-state index contributed by atoms with van der Waals surface area (Å²) < 4.78 is 19.3. The predicted octanol–water partition coefficient (Wildman–Crippen LogP) is 4.01. The van der Waals surface area contributed by atoms with Gasteiger partial charge in [0.15, 0.2) is 0 Å². The molecule has 25 heavy (non-hydrogen) atoms. The Labute approximate surface area is 148 Å². The number of rotatable bonds is 5. The van der Waals surface area contributed by atoms with E-state index < -0.39 is 11.8 Å². The van der Waals surface area contributed by atoms with Gasteiger partial charge >= 0.3 is 5.97 Å². The maximum Gasteiger partial charge on any atom is 0.337 e. The van der Waals surface area contributed by atoms with Gasteiger partial charge in [0.05, 0.1) is 17.8 Å². The lowest BCUT2D eigenvalue weighted by molar-refractivity contribution is 0.0696. The molecule has 7 heteroatoms. The zero-order valence-corrected chi connectivity index (χ0v) is 13.8. The number of carboxylic acids is 1. The Kier molecular flexibility index (Phi) is 5.09. The number of allylic oxidation sites excluding steroid dienone is 1. The minimum Gasteiger partial charge on any atom is -0.478 e. The molecule has 5 nitrogen and oxygen atoms in total. The monoisotopic (exact) mass is 360 g/mol. The third kappa shape index (κ3) is 4.03. The van der Waals surface area contributed by atoms with Crippen molar-refractivity contribution < 1.29 is 19.0 Å². The first-order valence-corrected chi connectivity index (χ1v) is 7.91. The summed E-state index contributed by atoms with van der Waals surface area (Å²) in [6.45, 7) is 0.444. The molecule has 0 saturated heterocycles. The van der Waals surface area contributed by atoms with Crippen LogP contribution in [-0.2, 0) is 6.61 Å². The van der Waals surface area contributed by atoms with Crippen molar-refractivity contribution in [2.45, 2.75) is 13.0 Å². The highest BCUT2D eigenvalue weighted by Gasteiger charge is 2.17. The smallest absolute Gasteiger partial charge is 0.337 e. The van der Waals surface area contributed by atoms with Crippen molar-refractivity contribution in [2.24, 2.45) is 4.99 Å². The number of halogens is 2. The molecule has 128 valence electrons. The molecule has 0 unspecified atom stereocenters. The van der Waals surface area contributed by atoms with Crippen LogP contribution < -0.4 is 4.74 Å². The topological polar surface area (TPSA) is 71.8 Å². The normalized spacial score (nSPS) is 13.4. The molecule has 3 rings (SSSR count). The number of aromatic nitrogens is 1. The molecule has 1 aromatic heterocycles. The third-order valence-corrected chi connectivity index (χ3v) is 3.91. The molecule has 0 bridgehead atoms. The standard InChI is InChI=1S/C18H14ClFN2O3/c19-13-2-1-12(15(20)9-13)10-25-16-4-3-14(18(23)24)17(22-16)11-5-7-21-8-6-11/h1-5,8-9H,6-7,10H2,(H,23,24). The molecular weight excluding hydrogens is 347 g/mol. The van der Waals surface area contributed by atoms with Gasteiger partial charge in [-0.15, -0.1) is 0 Å². The van der Waals surface area contributed by atoms with Crippen LogP contribution in [0, 0.1) is 5.82 Å². The van der Waals surface area contributed by atoms with E-state index >= 15 is 0 Å². The van der Waals surface area contributed by atoms with Crippen molar-refractivity contribution in [3.63, 3.8) is 0 Å². The van der Waals surface area contributed by atoms with Crippen LogP contribution in [0.15, 0.2) is 41.4 Å². The van der Waals surface area contributed by atoms with Gasteiger partial charge in [0.25, 0.3) is 0 Å². The van der Waals surface area contributed by atoms with Crippen molar-refractivity contribution in [1.29, 1.82) is 0 Å². The molecule has 0 aliphatic carbocycles. The molecule has 0 radical (unpaired) electrons. The number of pyridine rings is 1. The highest BCUT2D eigenvalue weighted by atomic mass is 35.5. The van der Waals surface area contributed by atoms with Crippen LogP contribution in [0.25, 0.3) is 5.57 Å². The first-order chi connectivity index (χ1) is 12.0. The Morgan fingerprint density at radius 1 is 1.32 bits per heavy atom. The van der Waals surface area contributed by atoms with E-state index in [1.54, 1.807) is 12.3 Å². The first-order valence-electron chi connectivity index (χ1n) is 7.53. The molecule has 1 aromatic carbocycles. The number of benzene rings is 1. The average molecular weight is 361 g/mol. The van der Waals surface area contributed by atoms with Crippen molar-refractivity contribution in [1.82, 2.24) is 4.98 Å². The quantitative estimate of drug-likeness (QED) is 0.874. The number of carboxylic acid groups (broad SMARTS) is 1. The second kappa shape index (κ2) is 7.44. The maximum atomic E-state index is 13.8. The van der Waals surface area contributed by atoms with Gasteiger partial charge in [0.2, 0.25) is 5.88 Å². The zero-order chi connectivity index (χ0) is 17.8. The van der Waals surface area contributed by atoms with Gasteiger partial charge in [-0.2, -0.15) is 0 Å². The Balaban J connectivity index is 1.84. The summed E-state index contributed by atoms with van der Waals surface area (Å²) in [5.41, 5.74) is 1.54. The van der Waals surface area contributed by atoms with E-state index in [9.17, 15) is 14.3 Å². The van der Waals surface area contributed by atoms with Gasteiger partial charge in [0.1, 0.15) is 12.4 Å². The Bertz CT molecular complexity index is 881. The second-order valence-electron chi connectivity index (χ2n) is 5.36. The maximum absolute atomic E-state index is 13.8. The van der Waals surface area contributed by atoms with E-state index in [0.29, 0.717) is 29.2 Å². The number of aliphatic imine (C=N–C) groups is 1. The molecule has 2 aromatic rings. The van der Waals surface area contributed by atoms with Gasteiger partial charge in [-0.05, 0) is 23.8 Å². The van der Waals surface area contributed by atoms with E-state index in [1.165, 1.54) is 24.3 Å². The molecule has 2 heterocycles. The van der Waals surface area contributed by atoms with E-state index in [-0.39, 0.29) is 18.1 Å². The molecular formula is C18H14ClFN2O3. The summed E-state index contributed by atoms with van der Waals surface area (Å²) in [6.07, 6.45) is 4.05. The van der Waals surface area contributed by atoms with Crippen LogP contribution in [0.5, 0.6) is 5.88 Å². The van der Waals surface area contributed by atoms with Crippen LogP contribution in [-0.4, -0.2) is 28.8 Å². The first kappa shape index (κ1) is 17.1. The number of nitrogens with zero attached hydrogens (tertiary/aromatic N) is 2. The molecule has 0 amide bonds. The fourth-order valence-electron chi connectivity index (χ4n) is 2.41. The number of hydrogen-bond acceptors (Lipinski definition) is 4. The largest absolute Gasteiger partial charge is 0.478 e. The van der Waals surface area contributed by atoms with Crippen LogP contribution in [0.2, 0.25) is 5.02 Å². The molecule has 1 N–H and O–H groups in total. The Morgan fingerprint density at radius 2 is 2.16 bits per heavy atom. The summed E-state index contributed by atoms with van der Waals surface area (Å²) in [4.78, 5) is 19.8. The molecule has 0 atom stereocenters. The van der Waals surface area contributed by atoms with Crippen LogP contribution in [0.3, 0.4) is 0 Å². The number of ether oxygens (including phenoxy) is 1. The number of dihydropyridines is 1. The van der Waals surface area contributed by atoms with E-state index in [1.807, 2.05) is 6.08 Å². The molecule has 1 aliphatic heterocycles. The second-order valence-corrected chi connectivity index (χ2v) is 5.79. The number of carbonyl (C=O) groups is 1. The fraction of sp³-hybridized carbons (Fsp3) is 0.167. The summed E-state index contributed by atoms with van der Waals surface area (Å²) in [5, 5.41) is 9.66. The summed E-state index contributed by atoms with van der Waals surface area (Å²) >= 11 is 5.72. The Hall–Kier alpha value is -2.73. The fourth-order valence-corrected chi connectivity index (χ4v) is 2.57. The lowest BCUT2D eigenvalue weighted by Gasteiger charge is -2.13. The molecule has 1 aliphatic rings. The molecule has 0 spiro atoms. The minimum absolute atomic E-state index is 0.0393. The van der Waals surface area contributed by atoms with Crippen LogP contribution >= 0.6 is 11.6 Å². The summed E-state index contributed by atoms with van der Waals surface area (Å²) in [5.74, 6) is -1.32. The average Bonchev–Trinajstić information content (AvgIpc) is 2.61. The van der Waals surface area contributed by atoms with E-state index in [2.05, 4.69) is 9.98 Å². The number of aromatic carboxylic acids is 1. The van der Waals surface area contributed by atoms with E-state index in [4.69, 9.17) is 16.3 Å². The van der Waals surface area contributed by atoms with Crippen molar-refractivity contribution in [2.75, 3.05) is 6.54 Å². The van der Waals surface area contributed by atoms with Crippen molar-refractivity contribution in [3.05, 3.63) is 64.1 Å². The third-order valence-electron chi connectivity index (χ3n) is 3.68. The van der Waals surface area contributed by atoms with E-state index in [0.717, 1.165) is 5.57 Å². The molecule has 0 fully saturated rings. The highest BCUT2D eigenvalue weighted by Crippen LogP contribution is 2.25. The van der Waals surface area contributed by atoms with Gasteiger partial charge < -0.3 is 9.84 Å². The summed E-state index contributed by atoms with van der Waals surface area (Å²) in [7, 11) is 0. The van der Waals surface area contributed by atoms with Crippen molar-refractivity contribution >= 4 is 29.4 Å². The van der Waals surface area contributed by atoms with Gasteiger partial charge in [-0.25, -0.2) is 14.2 Å². The van der Waals surface area contributed by atoms with Crippen LogP contribution in [0.4, 0.5) is 4.39 Å². The van der Waals surface area contributed by atoms with Crippen LogP contribution in [0.1, 0.15) is 28.0 Å². The lowest BCUT2D eigenvalue weighted by atomic mass is 10.0. The highest BCUT2D eigenvalue weighted by molar-refractivity contribution is 6.30.